The van der Waals surface area contributed by atoms with E-state index < -0.39 is 17.7 Å². The molecule has 0 bridgehead atoms. The molecule has 39 heavy (non-hydrogen) atoms. The molecule has 5 rings (SSSR count). The van der Waals surface area contributed by atoms with Crippen LogP contribution in [0, 0.1) is 0 Å². The van der Waals surface area contributed by atoms with Crippen molar-refractivity contribution in [2.24, 2.45) is 0 Å². The van der Waals surface area contributed by atoms with E-state index >= 15 is 0 Å². The lowest BCUT2D eigenvalue weighted by Crippen LogP contribution is -2.57. The van der Waals surface area contributed by atoms with E-state index in [0.717, 1.165) is 48.9 Å². The minimum absolute atomic E-state index is 0.0466. The Labute approximate surface area is 223 Å². The smallest absolute Gasteiger partial charge is 0.475 e. The number of rotatable bonds is 5. The number of likely N-dealkylation sites (tertiary alicyclic amines) is 1. The Kier molecular flexibility index (Phi) is 8.39. The van der Waals surface area contributed by atoms with Crippen LogP contribution in [0.25, 0.3) is 10.8 Å². The van der Waals surface area contributed by atoms with Gasteiger partial charge in [0.1, 0.15) is 5.54 Å². The molecule has 2 fully saturated rings. The number of nitrogens with one attached hydrogen (secondary N) is 2. The molecule has 0 aromatic heterocycles. The standard InChI is InChI=1S/C26H28N4O2.C2HF3O2/c31-24(22-11-10-20-6-4-5-7-21(20)18-22)27-14-17-29-15-12-26(13-16-29)25(32)28-19-30(26)23-8-2-1-3-9-23;3-2(4,5)1(6)7/h1-11,18H,12-17,19H2,(H,27,31)(H,28,32);(H,6,7). The Hall–Kier alpha value is -4.12. The zero-order valence-corrected chi connectivity index (χ0v) is 21.1. The van der Waals surface area contributed by atoms with Gasteiger partial charge in [0.05, 0.1) is 6.67 Å². The van der Waals surface area contributed by atoms with Gasteiger partial charge in [-0.3, -0.25) is 9.59 Å². The van der Waals surface area contributed by atoms with E-state index in [-0.39, 0.29) is 11.8 Å². The van der Waals surface area contributed by atoms with Gasteiger partial charge >= 0.3 is 12.1 Å². The summed E-state index contributed by atoms with van der Waals surface area (Å²) in [4.78, 5) is 38.8. The van der Waals surface area contributed by atoms with E-state index in [2.05, 4.69) is 32.6 Å². The van der Waals surface area contributed by atoms with Gasteiger partial charge in [0.25, 0.3) is 5.91 Å². The van der Waals surface area contributed by atoms with Gasteiger partial charge in [0, 0.05) is 37.4 Å². The number of hydrogen-bond acceptors (Lipinski definition) is 5. The van der Waals surface area contributed by atoms with E-state index in [1.165, 1.54) is 0 Å². The highest BCUT2D eigenvalue weighted by Crippen LogP contribution is 2.36. The normalized spacial score (nSPS) is 16.9. The molecule has 3 N–H and O–H groups in total. The fourth-order valence-corrected chi connectivity index (χ4v) is 4.94. The number of piperidine rings is 1. The average molecular weight is 543 g/mol. The first kappa shape index (κ1) is 27.9. The maximum Gasteiger partial charge on any atom is 0.490 e. The molecule has 0 aliphatic carbocycles. The summed E-state index contributed by atoms with van der Waals surface area (Å²) in [7, 11) is 0. The number of carbonyl (C=O) groups excluding carboxylic acids is 2. The summed E-state index contributed by atoms with van der Waals surface area (Å²) < 4.78 is 31.7. The average Bonchev–Trinajstić information content (AvgIpc) is 3.24. The molecular formula is C28H29F3N4O4. The Morgan fingerprint density at radius 3 is 2.21 bits per heavy atom. The number of hydrogen-bond donors (Lipinski definition) is 3. The lowest BCUT2D eigenvalue weighted by atomic mass is 9.85. The molecule has 8 nitrogen and oxygen atoms in total. The van der Waals surface area contributed by atoms with Crippen molar-refractivity contribution in [3.05, 3.63) is 78.4 Å². The summed E-state index contributed by atoms with van der Waals surface area (Å²) in [5, 5.41) is 15.4. The highest BCUT2D eigenvalue weighted by molar-refractivity contribution is 5.98. The van der Waals surface area contributed by atoms with Gasteiger partial charge in [-0.2, -0.15) is 13.2 Å². The van der Waals surface area contributed by atoms with Crippen LogP contribution in [0.2, 0.25) is 0 Å². The van der Waals surface area contributed by atoms with Gasteiger partial charge < -0.3 is 25.5 Å². The molecule has 0 radical (unpaired) electrons. The molecule has 0 atom stereocenters. The number of para-hydroxylation sites is 1. The number of carbonyl (C=O) groups is 3. The predicted octanol–water partition coefficient (Wildman–Crippen LogP) is 3.63. The van der Waals surface area contributed by atoms with Crippen molar-refractivity contribution in [3.63, 3.8) is 0 Å². The van der Waals surface area contributed by atoms with E-state index in [1.54, 1.807) is 0 Å². The van der Waals surface area contributed by atoms with Gasteiger partial charge in [0.2, 0.25) is 5.91 Å². The number of fused-ring (bicyclic) bond motifs is 1. The third-order valence-corrected chi connectivity index (χ3v) is 7.06. The van der Waals surface area contributed by atoms with E-state index in [9.17, 15) is 22.8 Å². The molecule has 1 spiro atoms. The number of alkyl halides is 3. The molecule has 2 aliphatic heterocycles. The van der Waals surface area contributed by atoms with Gasteiger partial charge in [0.15, 0.2) is 0 Å². The molecule has 206 valence electrons. The Balaban J connectivity index is 0.000000448. The number of carboxylic acid groups (broad SMARTS) is 1. The van der Waals surface area contributed by atoms with Gasteiger partial charge in [-0.15, -0.1) is 0 Å². The van der Waals surface area contributed by atoms with Crippen molar-refractivity contribution in [1.29, 1.82) is 0 Å². The summed E-state index contributed by atoms with van der Waals surface area (Å²) in [5.41, 5.74) is 1.30. The van der Waals surface area contributed by atoms with Crippen LogP contribution in [0.15, 0.2) is 72.8 Å². The van der Waals surface area contributed by atoms with E-state index in [0.29, 0.717) is 18.8 Å². The van der Waals surface area contributed by atoms with Crippen molar-refractivity contribution < 1.29 is 32.7 Å². The first-order chi connectivity index (χ1) is 18.6. The summed E-state index contributed by atoms with van der Waals surface area (Å²) in [6, 6.07) is 24.0. The number of carboxylic acids is 1. The summed E-state index contributed by atoms with van der Waals surface area (Å²) in [6.45, 7) is 3.60. The quantitative estimate of drug-likeness (QED) is 0.455. The number of amides is 2. The maximum atomic E-state index is 12.8. The van der Waals surface area contributed by atoms with Gasteiger partial charge in [-0.25, -0.2) is 4.79 Å². The molecule has 2 saturated heterocycles. The first-order valence-corrected chi connectivity index (χ1v) is 12.5. The fourth-order valence-electron chi connectivity index (χ4n) is 4.94. The fraction of sp³-hybridized carbons (Fsp3) is 0.321. The van der Waals surface area contributed by atoms with Crippen LogP contribution < -0.4 is 15.5 Å². The van der Waals surface area contributed by atoms with Crippen molar-refractivity contribution in [1.82, 2.24) is 15.5 Å². The number of halogens is 3. The molecule has 2 heterocycles. The van der Waals surface area contributed by atoms with Crippen molar-refractivity contribution in [2.75, 3.05) is 37.7 Å². The first-order valence-electron chi connectivity index (χ1n) is 12.5. The number of aliphatic carboxylic acids is 1. The molecule has 0 saturated carbocycles. The van der Waals surface area contributed by atoms with Crippen molar-refractivity contribution in [3.8, 4) is 0 Å². The zero-order valence-electron chi connectivity index (χ0n) is 21.1. The van der Waals surface area contributed by atoms with Crippen LogP contribution in [0.1, 0.15) is 23.2 Å². The number of benzene rings is 3. The lowest BCUT2D eigenvalue weighted by Gasteiger charge is -2.43. The third-order valence-electron chi connectivity index (χ3n) is 7.06. The summed E-state index contributed by atoms with van der Waals surface area (Å²) in [5.74, 6) is -2.67. The number of nitrogens with zero attached hydrogens (tertiary/aromatic N) is 2. The molecule has 2 amide bonds. The van der Waals surface area contributed by atoms with Gasteiger partial charge in [-0.1, -0.05) is 48.5 Å². The molecule has 3 aromatic rings. The monoisotopic (exact) mass is 542 g/mol. The molecule has 2 aliphatic rings. The summed E-state index contributed by atoms with van der Waals surface area (Å²) in [6.07, 6.45) is -3.52. The lowest BCUT2D eigenvalue weighted by molar-refractivity contribution is -0.192. The Morgan fingerprint density at radius 1 is 0.949 bits per heavy atom. The molecular weight excluding hydrogens is 513 g/mol. The van der Waals surface area contributed by atoms with E-state index in [4.69, 9.17) is 9.90 Å². The molecule has 11 heteroatoms. The second kappa shape index (κ2) is 11.7. The van der Waals surface area contributed by atoms with E-state index in [1.807, 2.05) is 60.7 Å². The predicted molar refractivity (Wildman–Crippen MR) is 140 cm³/mol. The SMILES string of the molecule is O=C(NCCN1CCC2(CC1)C(=O)NCN2c1ccccc1)c1ccc2ccccc2c1.O=C(O)C(F)(F)F. The second-order valence-corrected chi connectivity index (χ2v) is 9.42. The highest BCUT2D eigenvalue weighted by Gasteiger charge is 2.50. The molecule has 3 aromatic carbocycles. The summed E-state index contributed by atoms with van der Waals surface area (Å²) >= 11 is 0. The highest BCUT2D eigenvalue weighted by atomic mass is 19.4. The Bertz CT molecular complexity index is 1330. The zero-order chi connectivity index (χ0) is 28.0. The minimum Gasteiger partial charge on any atom is -0.475 e. The topological polar surface area (TPSA) is 102 Å². The van der Waals surface area contributed by atoms with Crippen LogP contribution in [-0.2, 0) is 9.59 Å². The van der Waals surface area contributed by atoms with Crippen LogP contribution >= 0.6 is 0 Å². The van der Waals surface area contributed by atoms with Crippen LogP contribution in [0.5, 0.6) is 0 Å². The van der Waals surface area contributed by atoms with Crippen LogP contribution in [0.3, 0.4) is 0 Å². The largest absolute Gasteiger partial charge is 0.490 e. The van der Waals surface area contributed by atoms with Gasteiger partial charge in [-0.05, 0) is 47.9 Å². The Morgan fingerprint density at radius 2 is 1.56 bits per heavy atom. The van der Waals surface area contributed by atoms with Crippen LogP contribution in [-0.4, -0.2) is 72.4 Å². The maximum absolute atomic E-state index is 12.8. The second-order valence-electron chi connectivity index (χ2n) is 9.42. The molecule has 0 unspecified atom stereocenters. The van der Waals surface area contributed by atoms with Crippen molar-refractivity contribution in [2.45, 2.75) is 24.6 Å². The van der Waals surface area contributed by atoms with Crippen molar-refractivity contribution >= 4 is 34.2 Å². The number of anilines is 1. The minimum atomic E-state index is -5.08. The third kappa shape index (κ3) is 6.48. The van der Waals surface area contributed by atoms with Crippen LogP contribution in [0.4, 0.5) is 18.9 Å².